The molecule has 1 aromatic heterocycles. The Labute approximate surface area is 71.2 Å². The first-order chi connectivity index (χ1) is 5.83. The summed E-state index contributed by atoms with van der Waals surface area (Å²) in [7, 11) is 1.56. The highest BCUT2D eigenvalue weighted by Crippen LogP contribution is 1.97. The van der Waals surface area contributed by atoms with Crippen LogP contribution in [0.1, 0.15) is 5.69 Å². The zero-order valence-electron chi connectivity index (χ0n) is 6.97. The van der Waals surface area contributed by atoms with E-state index in [4.69, 9.17) is 4.74 Å². The molecule has 0 aromatic carbocycles. The van der Waals surface area contributed by atoms with Crippen molar-refractivity contribution < 1.29 is 9.84 Å². The van der Waals surface area contributed by atoms with Crippen molar-refractivity contribution in [3.8, 4) is 0 Å². The van der Waals surface area contributed by atoms with E-state index in [1.807, 2.05) is 6.07 Å². The van der Waals surface area contributed by atoms with Gasteiger partial charge in [0.1, 0.15) is 0 Å². The number of ether oxygens (including phenoxy) is 1. The molecule has 0 bridgehead atoms. The van der Waals surface area contributed by atoms with Gasteiger partial charge in [-0.2, -0.15) is 10.2 Å². The van der Waals surface area contributed by atoms with Crippen LogP contribution in [0.4, 0.5) is 0 Å². The van der Waals surface area contributed by atoms with E-state index < -0.39 is 6.10 Å². The molecule has 0 aliphatic carbocycles. The number of hydrogen-bond donors (Lipinski definition) is 1. The molecule has 0 spiro atoms. The highest BCUT2D eigenvalue weighted by atomic mass is 16.5. The molecule has 1 atom stereocenters. The fraction of sp³-hybridized carbons (Fsp3) is 0.500. The maximum absolute atomic E-state index is 9.31. The van der Waals surface area contributed by atoms with E-state index in [2.05, 4.69) is 10.2 Å². The summed E-state index contributed by atoms with van der Waals surface area (Å²) in [6.07, 6.45) is 1.60. The lowest BCUT2D eigenvalue weighted by atomic mass is 10.2. The van der Waals surface area contributed by atoms with Crippen LogP contribution in [-0.4, -0.2) is 35.1 Å². The van der Waals surface area contributed by atoms with Crippen molar-refractivity contribution >= 4 is 0 Å². The smallest absolute Gasteiger partial charge is 0.0829 e. The van der Waals surface area contributed by atoms with Crippen molar-refractivity contribution in [1.29, 1.82) is 0 Å². The Morgan fingerprint density at radius 2 is 2.50 bits per heavy atom. The second kappa shape index (κ2) is 4.79. The van der Waals surface area contributed by atoms with E-state index in [9.17, 15) is 5.11 Å². The second-order valence-electron chi connectivity index (χ2n) is 2.53. The summed E-state index contributed by atoms with van der Waals surface area (Å²) in [6.45, 7) is 0.330. The molecule has 66 valence electrons. The summed E-state index contributed by atoms with van der Waals surface area (Å²) in [6, 6.07) is 3.62. The van der Waals surface area contributed by atoms with Crippen molar-refractivity contribution in [1.82, 2.24) is 10.2 Å². The van der Waals surface area contributed by atoms with E-state index in [-0.39, 0.29) is 0 Å². The molecule has 0 amide bonds. The van der Waals surface area contributed by atoms with E-state index >= 15 is 0 Å². The Morgan fingerprint density at radius 1 is 1.67 bits per heavy atom. The molecule has 4 nitrogen and oxygen atoms in total. The Morgan fingerprint density at radius 3 is 3.08 bits per heavy atom. The Kier molecular flexibility index (Phi) is 3.63. The van der Waals surface area contributed by atoms with Crippen molar-refractivity contribution in [3.05, 3.63) is 24.0 Å². The second-order valence-corrected chi connectivity index (χ2v) is 2.53. The van der Waals surface area contributed by atoms with Gasteiger partial charge in [0.2, 0.25) is 0 Å². The molecule has 0 saturated heterocycles. The van der Waals surface area contributed by atoms with E-state index in [0.717, 1.165) is 5.69 Å². The monoisotopic (exact) mass is 168 g/mol. The van der Waals surface area contributed by atoms with Gasteiger partial charge < -0.3 is 9.84 Å². The topological polar surface area (TPSA) is 55.2 Å². The molecule has 1 N–H and O–H groups in total. The van der Waals surface area contributed by atoms with Crippen LogP contribution < -0.4 is 0 Å². The highest BCUT2D eigenvalue weighted by molar-refractivity contribution is 5.00. The normalized spacial score (nSPS) is 12.8. The van der Waals surface area contributed by atoms with Crippen molar-refractivity contribution in [3.63, 3.8) is 0 Å². The van der Waals surface area contributed by atoms with Crippen LogP contribution >= 0.6 is 0 Å². The maximum Gasteiger partial charge on any atom is 0.0829 e. The molecule has 0 fully saturated rings. The van der Waals surface area contributed by atoms with Gasteiger partial charge in [-0.1, -0.05) is 0 Å². The number of aliphatic hydroxyl groups excluding tert-OH is 1. The third-order valence-electron chi connectivity index (χ3n) is 1.43. The van der Waals surface area contributed by atoms with Crippen LogP contribution in [0.15, 0.2) is 18.3 Å². The van der Waals surface area contributed by atoms with Crippen LogP contribution in [-0.2, 0) is 11.2 Å². The lowest BCUT2D eigenvalue weighted by Crippen LogP contribution is -2.17. The molecule has 0 radical (unpaired) electrons. The molecule has 1 heterocycles. The highest BCUT2D eigenvalue weighted by Gasteiger charge is 2.05. The number of nitrogens with zero attached hydrogens (tertiary/aromatic N) is 2. The molecule has 0 aliphatic rings. The SMILES string of the molecule is COCC(O)Cc1cccnn1. The zero-order valence-corrected chi connectivity index (χ0v) is 6.97. The number of aromatic nitrogens is 2. The average molecular weight is 168 g/mol. The Balaban J connectivity index is 2.41. The van der Waals surface area contributed by atoms with Crippen molar-refractivity contribution in [2.45, 2.75) is 12.5 Å². The molecule has 1 rings (SSSR count). The molecule has 1 aromatic rings. The molecular weight excluding hydrogens is 156 g/mol. The fourth-order valence-corrected chi connectivity index (χ4v) is 0.935. The lowest BCUT2D eigenvalue weighted by Gasteiger charge is -2.06. The predicted octanol–water partition coefficient (Wildman–Crippen LogP) is 0.0264. The Hall–Kier alpha value is -1.00. The van der Waals surface area contributed by atoms with Gasteiger partial charge in [0.15, 0.2) is 0 Å². The fourth-order valence-electron chi connectivity index (χ4n) is 0.935. The summed E-state index contributed by atoms with van der Waals surface area (Å²) in [5, 5.41) is 16.8. The summed E-state index contributed by atoms with van der Waals surface area (Å²) in [5.41, 5.74) is 0.780. The molecule has 0 saturated carbocycles. The molecule has 12 heavy (non-hydrogen) atoms. The van der Waals surface area contributed by atoms with Crippen LogP contribution in [0.3, 0.4) is 0 Å². The van der Waals surface area contributed by atoms with Gasteiger partial charge in [-0.3, -0.25) is 0 Å². The standard InChI is InChI=1S/C8H12N2O2/c1-12-6-8(11)5-7-3-2-4-9-10-7/h2-4,8,11H,5-6H2,1H3. The predicted molar refractivity (Wildman–Crippen MR) is 43.6 cm³/mol. The summed E-state index contributed by atoms with van der Waals surface area (Å²) in [4.78, 5) is 0. The van der Waals surface area contributed by atoms with Gasteiger partial charge in [0.25, 0.3) is 0 Å². The number of methoxy groups -OCH3 is 1. The van der Waals surface area contributed by atoms with Crippen LogP contribution in [0.25, 0.3) is 0 Å². The van der Waals surface area contributed by atoms with Crippen LogP contribution in [0.2, 0.25) is 0 Å². The maximum atomic E-state index is 9.31. The number of rotatable bonds is 4. The van der Waals surface area contributed by atoms with Crippen molar-refractivity contribution in [2.24, 2.45) is 0 Å². The van der Waals surface area contributed by atoms with Crippen LogP contribution in [0, 0.1) is 0 Å². The van der Waals surface area contributed by atoms with Gasteiger partial charge in [-0.25, -0.2) is 0 Å². The minimum Gasteiger partial charge on any atom is -0.390 e. The van der Waals surface area contributed by atoms with E-state index in [1.165, 1.54) is 0 Å². The third kappa shape index (κ3) is 2.94. The first kappa shape index (κ1) is 9.09. The van der Waals surface area contributed by atoms with E-state index in [0.29, 0.717) is 13.0 Å². The largest absolute Gasteiger partial charge is 0.390 e. The summed E-state index contributed by atoms with van der Waals surface area (Å²) >= 11 is 0. The van der Waals surface area contributed by atoms with Gasteiger partial charge in [-0.05, 0) is 12.1 Å². The van der Waals surface area contributed by atoms with Crippen molar-refractivity contribution in [2.75, 3.05) is 13.7 Å². The first-order valence-corrected chi connectivity index (χ1v) is 3.76. The minimum atomic E-state index is -0.494. The number of hydrogen-bond acceptors (Lipinski definition) is 4. The van der Waals surface area contributed by atoms with Gasteiger partial charge in [0, 0.05) is 19.7 Å². The molecule has 1 unspecified atom stereocenters. The average Bonchev–Trinajstić information content (AvgIpc) is 2.06. The third-order valence-corrected chi connectivity index (χ3v) is 1.43. The van der Waals surface area contributed by atoms with Gasteiger partial charge >= 0.3 is 0 Å². The van der Waals surface area contributed by atoms with Crippen LogP contribution in [0.5, 0.6) is 0 Å². The molecule has 4 heteroatoms. The minimum absolute atomic E-state index is 0.330. The summed E-state index contributed by atoms with van der Waals surface area (Å²) in [5.74, 6) is 0. The quantitative estimate of drug-likeness (QED) is 0.689. The summed E-state index contributed by atoms with van der Waals surface area (Å²) < 4.78 is 4.78. The first-order valence-electron chi connectivity index (χ1n) is 3.76. The van der Waals surface area contributed by atoms with Gasteiger partial charge in [0.05, 0.1) is 18.4 Å². The Bertz CT molecular complexity index is 216. The molecular formula is C8H12N2O2. The van der Waals surface area contributed by atoms with Gasteiger partial charge in [-0.15, -0.1) is 0 Å². The lowest BCUT2D eigenvalue weighted by molar-refractivity contribution is 0.0643. The molecule has 0 aliphatic heterocycles. The van der Waals surface area contributed by atoms with E-state index in [1.54, 1.807) is 19.4 Å². The number of aliphatic hydroxyl groups is 1. The zero-order chi connectivity index (χ0) is 8.81.